The fraction of sp³-hybridized carbons (Fsp3) is 0.417. The zero-order valence-electron chi connectivity index (χ0n) is 30.6. The van der Waals surface area contributed by atoms with Crippen LogP contribution in [0.1, 0.15) is 90.7 Å². The number of benzene rings is 2. The highest BCUT2D eigenvalue weighted by atomic mass is 16.6. The molecule has 5 amide bonds. The number of hydrogen-bond donors (Lipinski definition) is 5. The molecule has 17 nitrogen and oxygen atoms in total. The molecule has 0 saturated heterocycles. The molecule has 284 valence electrons. The zero-order valence-corrected chi connectivity index (χ0v) is 30.6. The molecule has 2 aromatic rings. The average Bonchev–Trinajstić information content (AvgIpc) is 3.08. The van der Waals surface area contributed by atoms with Crippen molar-refractivity contribution in [3.05, 3.63) is 70.3 Å². The number of hydrogen-bond acceptors (Lipinski definition) is 12. The van der Waals surface area contributed by atoms with Gasteiger partial charge in [0.2, 0.25) is 23.6 Å². The highest BCUT2D eigenvalue weighted by molar-refractivity contribution is 6.28. The summed E-state index contributed by atoms with van der Waals surface area (Å²) in [6, 6.07) is 8.64. The van der Waals surface area contributed by atoms with Crippen LogP contribution in [0.4, 0.5) is 4.79 Å². The number of amides is 5. The average molecular weight is 738 g/mol. The molecular formula is C36H43N5O12. The van der Waals surface area contributed by atoms with E-state index in [1.54, 1.807) is 32.9 Å². The fourth-order valence-electron chi connectivity index (χ4n) is 4.82. The number of ketones is 2. The first kappa shape index (κ1) is 41.3. The van der Waals surface area contributed by atoms with E-state index in [9.17, 15) is 43.2 Å². The summed E-state index contributed by atoms with van der Waals surface area (Å²) in [5.41, 5.74) is -3.43. The van der Waals surface area contributed by atoms with Crippen molar-refractivity contribution in [1.29, 1.82) is 0 Å². The fourth-order valence-corrected chi connectivity index (χ4v) is 4.82. The number of rotatable bonds is 13. The Hall–Kier alpha value is -6.13. The lowest BCUT2D eigenvalue weighted by molar-refractivity contribution is -0.146. The van der Waals surface area contributed by atoms with Crippen molar-refractivity contribution in [3.8, 4) is 0 Å². The Balaban J connectivity index is 1.53. The van der Waals surface area contributed by atoms with Crippen LogP contribution in [0.5, 0.6) is 0 Å². The van der Waals surface area contributed by atoms with Gasteiger partial charge in [-0.1, -0.05) is 24.3 Å². The molecule has 1 atom stereocenters. The SMILES string of the molecule is COC(=O)[C@H](COC(=O)c1ccc2c(c1)C(=O)c1ccccc1C2=O)NC(=O)CNC(=O)C(C)(C)NC(=O)C(C)(C)NC(=O)CNC(=O)OC(C)(C)C. The standard InChI is InChI=1S/C36H43N5O12/c1-34(2,3)53-33(50)38-17-26(43)40-36(6,7)32(49)41-35(4,5)31(48)37-16-25(42)39-24(30(47)51-8)18-52-29(46)19-13-14-22-23(15-19)28(45)21-12-10-9-11-20(21)27(22)44/h9-15,24H,16-18H2,1-8H3,(H,37,48)(H,38,50)(H,39,42)(H,40,43)(H,41,49)/t24-/m0/s1. The summed E-state index contributed by atoms with van der Waals surface area (Å²) in [5, 5.41) is 11.8. The molecular weight excluding hydrogens is 694 g/mol. The van der Waals surface area contributed by atoms with Crippen molar-refractivity contribution in [2.75, 3.05) is 26.8 Å². The quantitative estimate of drug-likeness (QED) is 0.120. The highest BCUT2D eigenvalue weighted by Gasteiger charge is 2.37. The molecule has 2 aromatic carbocycles. The topological polar surface area (TPSA) is 241 Å². The van der Waals surface area contributed by atoms with Crippen LogP contribution in [-0.4, -0.2) is 103 Å². The van der Waals surface area contributed by atoms with E-state index in [-0.39, 0.29) is 33.6 Å². The summed E-state index contributed by atoms with van der Waals surface area (Å²) in [6.07, 6.45) is -0.828. The van der Waals surface area contributed by atoms with Crippen LogP contribution in [-0.2, 0) is 38.2 Å². The van der Waals surface area contributed by atoms with E-state index in [1.165, 1.54) is 58.0 Å². The van der Waals surface area contributed by atoms with E-state index in [4.69, 9.17) is 14.2 Å². The van der Waals surface area contributed by atoms with Crippen LogP contribution >= 0.6 is 0 Å². The lowest BCUT2D eigenvalue weighted by atomic mass is 9.83. The van der Waals surface area contributed by atoms with Crippen molar-refractivity contribution in [2.24, 2.45) is 0 Å². The van der Waals surface area contributed by atoms with E-state index in [2.05, 4.69) is 26.6 Å². The second kappa shape index (κ2) is 16.5. The lowest BCUT2D eigenvalue weighted by Gasteiger charge is -2.31. The van der Waals surface area contributed by atoms with Crippen molar-refractivity contribution in [3.63, 3.8) is 0 Å². The Morgan fingerprint density at radius 1 is 0.679 bits per heavy atom. The summed E-state index contributed by atoms with van der Waals surface area (Å²) in [6.45, 7) is 8.56. The van der Waals surface area contributed by atoms with E-state index in [1.807, 2.05) is 0 Å². The lowest BCUT2D eigenvalue weighted by Crippen LogP contribution is -2.63. The number of carbonyl (C=O) groups is 9. The first-order valence-corrected chi connectivity index (χ1v) is 16.3. The Bertz CT molecular complexity index is 1840. The number of nitrogens with one attached hydrogen (secondary N) is 5. The molecule has 0 bridgehead atoms. The molecule has 0 saturated carbocycles. The van der Waals surface area contributed by atoms with Crippen LogP contribution in [0.25, 0.3) is 0 Å². The number of ether oxygens (including phenoxy) is 3. The summed E-state index contributed by atoms with van der Waals surface area (Å²) >= 11 is 0. The number of fused-ring (bicyclic) bond motifs is 2. The number of methoxy groups -OCH3 is 1. The summed E-state index contributed by atoms with van der Waals surface area (Å²) in [4.78, 5) is 114. The first-order chi connectivity index (χ1) is 24.6. The van der Waals surface area contributed by atoms with Gasteiger partial charge in [0.1, 0.15) is 29.8 Å². The minimum absolute atomic E-state index is 0.0109. The van der Waals surface area contributed by atoms with E-state index >= 15 is 0 Å². The predicted molar refractivity (Wildman–Crippen MR) is 186 cm³/mol. The minimum atomic E-state index is -1.60. The summed E-state index contributed by atoms with van der Waals surface area (Å²) in [5.74, 6) is -5.92. The van der Waals surface area contributed by atoms with Crippen molar-refractivity contribution in [2.45, 2.75) is 71.2 Å². The molecule has 0 heterocycles. The van der Waals surface area contributed by atoms with Gasteiger partial charge in [0, 0.05) is 22.3 Å². The first-order valence-electron chi connectivity index (χ1n) is 16.3. The molecule has 3 rings (SSSR count). The highest BCUT2D eigenvalue weighted by Crippen LogP contribution is 2.28. The number of alkyl carbamates (subject to hydrolysis) is 1. The molecule has 17 heteroatoms. The maximum absolute atomic E-state index is 13.0. The third-order valence-electron chi connectivity index (χ3n) is 7.58. The third-order valence-corrected chi connectivity index (χ3v) is 7.58. The van der Waals surface area contributed by atoms with Gasteiger partial charge in [-0.2, -0.15) is 0 Å². The third kappa shape index (κ3) is 10.9. The van der Waals surface area contributed by atoms with E-state index < -0.39 is 89.9 Å². The normalized spacial score (nSPS) is 12.9. The van der Waals surface area contributed by atoms with Gasteiger partial charge in [0.15, 0.2) is 17.6 Å². The molecule has 0 radical (unpaired) electrons. The Morgan fingerprint density at radius 3 is 1.81 bits per heavy atom. The van der Waals surface area contributed by atoms with Gasteiger partial charge in [-0.3, -0.25) is 28.8 Å². The number of esters is 2. The van der Waals surface area contributed by atoms with E-state index in [0.717, 1.165) is 7.11 Å². The van der Waals surface area contributed by atoms with Gasteiger partial charge in [-0.25, -0.2) is 14.4 Å². The summed E-state index contributed by atoms with van der Waals surface area (Å²) in [7, 11) is 1.04. The molecule has 0 unspecified atom stereocenters. The Morgan fingerprint density at radius 2 is 1.23 bits per heavy atom. The minimum Gasteiger partial charge on any atom is -0.467 e. The van der Waals surface area contributed by atoms with Gasteiger partial charge in [0.25, 0.3) is 0 Å². The van der Waals surface area contributed by atoms with Crippen molar-refractivity contribution < 1.29 is 57.4 Å². The smallest absolute Gasteiger partial charge is 0.408 e. The second-order valence-corrected chi connectivity index (χ2v) is 14.0. The van der Waals surface area contributed by atoms with Crippen LogP contribution in [0, 0.1) is 0 Å². The van der Waals surface area contributed by atoms with Gasteiger partial charge in [-0.05, 0) is 66.7 Å². The zero-order chi connectivity index (χ0) is 39.9. The molecule has 1 aliphatic rings. The van der Waals surface area contributed by atoms with Crippen LogP contribution in [0.3, 0.4) is 0 Å². The van der Waals surface area contributed by atoms with Crippen LogP contribution in [0.15, 0.2) is 42.5 Å². The molecule has 0 spiro atoms. The van der Waals surface area contributed by atoms with Gasteiger partial charge >= 0.3 is 18.0 Å². The molecule has 0 aromatic heterocycles. The molecule has 0 aliphatic heterocycles. The molecule has 1 aliphatic carbocycles. The van der Waals surface area contributed by atoms with E-state index in [0.29, 0.717) is 0 Å². The predicted octanol–water partition coefficient (Wildman–Crippen LogP) is 0.707. The van der Waals surface area contributed by atoms with Crippen molar-refractivity contribution in [1.82, 2.24) is 26.6 Å². The van der Waals surface area contributed by atoms with Crippen molar-refractivity contribution >= 4 is 53.2 Å². The molecule has 5 N–H and O–H groups in total. The second-order valence-electron chi connectivity index (χ2n) is 14.0. The van der Waals surface area contributed by atoms with Gasteiger partial charge in [-0.15, -0.1) is 0 Å². The Kier molecular flexibility index (Phi) is 12.8. The van der Waals surface area contributed by atoms with Gasteiger partial charge < -0.3 is 40.8 Å². The number of carbonyl (C=O) groups excluding carboxylic acids is 9. The summed E-state index contributed by atoms with van der Waals surface area (Å²) < 4.78 is 15.0. The largest absolute Gasteiger partial charge is 0.467 e. The van der Waals surface area contributed by atoms with Crippen LogP contribution in [0.2, 0.25) is 0 Å². The monoisotopic (exact) mass is 737 g/mol. The van der Waals surface area contributed by atoms with Gasteiger partial charge in [0.05, 0.1) is 19.2 Å². The van der Waals surface area contributed by atoms with Crippen LogP contribution < -0.4 is 26.6 Å². The Labute approximate surface area is 305 Å². The maximum atomic E-state index is 13.0. The maximum Gasteiger partial charge on any atom is 0.408 e. The molecule has 53 heavy (non-hydrogen) atoms. The molecule has 0 fully saturated rings.